The minimum absolute atomic E-state index is 0.0423. The molecule has 0 radical (unpaired) electrons. The van der Waals surface area contributed by atoms with Crippen molar-refractivity contribution in [1.82, 2.24) is 19.5 Å². The normalized spacial score (nSPS) is 27.4. The lowest BCUT2D eigenvalue weighted by atomic mass is 9.86. The molecule has 0 unspecified atom stereocenters. The monoisotopic (exact) mass is 344 g/mol. The second-order valence-corrected chi connectivity index (χ2v) is 7.72. The van der Waals surface area contributed by atoms with Crippen molar-refractivity contribution in [2.45, 2.75) is 64.1 Å². The number of fused-ring (bicyclic) bond motifs is 1. The lowest BCUT2D eigenvalue weighted by Gasteiger charge is -2.37. The van der Waals surface area contributed by atoms with Gasteiger partial charge < -0.3 is 4.74 Å². The topological polar surface area (TPSA) is 62.6 Å². The maximum absolute atomic E-state index is 12.3. The van der Waals surface area contributed by atoms with Gasteiger partial charge in [-0.2, -0.15) is 0 Å². The zero-order chi connectivity index (χ0) is 17.2. The molecule has 1 N–H and O–H groups in total. The van der Waals surface area contributed by atoms with Crippen LogP contribution in [-0.4, -0.2) is 44.8 Å². The summed E-state index contributed by atoms with van der Waals surface area (Å²) in [4.78, 5) is 19.4. The zero-order valence-corrected chi connectivity index (χ0v) is 15.0. The highest BCUT2D eigenvalue weighted by atomic mass is 16.5. The first-order valence-corrected chi connectivity index (χ1v) is 9.61. The number of nitrogens with zero attached hydrogens (tertiary/aromatic N) is 3. The van der Waals surface area contributed by atoms with Crippen LogP contribution in [0.4, 0.5) is 0 Å². The van der Waals surface area contributed by atoms with Crippen LogP contribution in [0.5, 0.6) is 0 Å². The Morgan fingerprint density at radius 3 is 2.92 bits per heavy atom. The minimum Gasteiger partial charge on any atom is -0.377 e. The van der Waals surface area contributed by atoms with E-state index in [2.05, 4.69) is 21.9 Å². The first kappa shape index (κ1) is 16.8. The van der Waals surface area contributed by atoms with Gasteiger partial charge in [-0.25, -0.2) is 9.50 Å². The molecular formula is C19H28N4O2. The molecule has 1 atom stereocenters. The predicted molar refractivity (Wildman–Crippen MR) is 96.6 cm³/mol. The van der Waals surface area contributed by atoms with Gasteiger partial charge in [0.1, 0.15) is 0 Å². The molecule has 0 bridgehead atoms. The summed E-state index contributed by atoms with van der Waals surface area (Å²) in [6.45, 7) is 4.92. The standard InChI is InChI=1S/C19H28N4O2/c1-14-4-6-16(7-5-14)22(13-17-3-2-10-25-17)12-15-11-19(24)23-18(21-15)8-9-20-23/h8-9,11,14,16-17,20H,2-7,10,12-13H2,1H3/t14?,16?,17-/m1/s1. The van der Waals surface area contributed by atoms with Crippen LogP contribution >= 0.6 is 0 Å². The fraction of sp³-hybridized carbons (Fsp3) is 0.684. The Hall–Kier alpha value is -1.66. The van der Waals surface area contributed by atoms with E-state index in [1.807, 2.05) is 6.07 Å². The molecule has 25 heavy (non-hydrogen) atoms. The molecule has 1 saturated carbocycles. The van der Waals surface area contributed by atoms with Gasteiger partial charge in [0.25, 0.3) is 5.56 Å². The van der Waals surface area contributed by atoms with E-state index in [-0.39, 0.29) is 5.56 Å². The van der Waals surface area contributed by atoms with Gasteiger partial charge in [-0.3, -0.25) is 14.8 Å². The van der Waals surface area contributed by atoms with Crippen LogP contribution in [0, 0.1) is 5.92 Å². The average molecular weight is 344 g/mol. The van der Waals surface area contributed by atoms with E-state index in [1.165, 1.54) is 30.2 Å². The molecule has 0 aromatic carbocycles. The summed E-state index contributed by atoms with van der Waals surface area (Å²) in [6, 6.07) is 4.08. The van der Waals surface area contributed by atoms with Gasteiger partial charge in [-0.15, -0.1) is 0 Å². The van der Waals surface area contributed by atoms with Crippen molar-refractivity contribution in [3.05, 3.63) is 34.4 Å². The number of H-pyrrole nitrogens is 1. The molecule has 2 fully saturated rings. The van der Waals surface area contributed by atoms with Crippen LogP contribution in [0.25, 0.3) is 5.65 Å². The second kappa shape index (κ2) is 7.30. The Morgan fingerprint density at radius 2 is 2.16 bits per heavy atom. The lowest BCUT2D eigenvalue weighted by Crippen LogP contribution is -2.42. The molecule has 6 nitrogen and oxygen atoms in total. The average Bonchev–Trinajstić information content (AvgIpc) is 3.26. The Labute approximate surface area is 148 Å². The van der Waals surface area contributed by atoms with E-state index in [1.54, 1.807) is 12.3 Å². The molecule has 2 aromatic heterocycles. The van der Waals surface area contributed by atoms with E-state index >= 15 is 0 Å². The third kappa shape index (κ3) is 3.80. The molecule has 2 aliphatic rings. The third-order valence-electron chi connectivity index (χ3n) is 5.76. The molecular weight excluding hydrogens is 316 g/mol. The second-order valence-electron chi connectivity index (χ2n) is 7.72. The fourth-order valence-corrected chi connectivity index (χ4v) is 4.27. The van der Waals surface area contributed by atoms with Gasteiger partial charge in [-0.05, 0) is 44.4 Å². The number of nitrogens with one attached hydrogen (secondary N) is 1. The van der Waals surface area contributed by atoms with Gasteiger partial charge in [-0.1, -0.05) is 6.92 Å². The van der Waals surface area contributed by atoms with Crippen molar-refractivity contribution in [2.75, 3.05) is 13.2 Å². The van der Waals surface area contributed by atoms with Crippen LogP contribution < -0.4 is 5.56 Å². The molecule has 0 spiro atoms. The number of rotatable bonds is 5. The summed E-state index contributed by atoms with van der Waals surface area (Å²) in [5.41, 5.74) is 1.51. The Morgan fingerprint density at radius 1 is 1.32 bits per heavy atom. The highest BCUT2D eigenvalue weighted by Gasteiger charge is 2.28. The molecule has 1 aliphatic carbocycles. The maximum Gasteiger partial charge on any atom is 0.272 e. The number of ether oxygens (including phenoxy) is 1. The van der Waals surface area contributed by atoms with E-state index in [4.69, 9.17) is 4.74 Å². The Kier molecular flexibility index (Phi) is 4.90. The number of hydrogen-bond donors (Lipinski definition) is 1. The summed E-state index contributed by atoms with van der Waals surface area (Å²) >= 11 is 0. The largest absolute Gasteiger partial charge is 0.377 e. The summed E-state index contributed by atoms with van der Waals surface area (Å²) in [7, 11) is 0. The van der Waals surface area contributed by atoms with Crippen molar-refractivity contribution in [3.63, 3.8) is 0 Å². The van der Waals surface area contributed by atoms with Gasteiger partial charge in [0.15, 0.2) is 5.65 Å². The summed E-state index contributed by atoms with van der Waals surface area (Å²) in [6.07, 6.45) is 9.44. The van der Waals surface area contributed by atoms with Crippen LogP contribution in [-0.2, 0) is 11.3 Å². The zero-order valence-electron chi connectivity index (χ0n) is 15.0. The molecule has 1 saturated heterocycles. The highest BCUT2D eigenvalue weighted by Crippen LogP contribution is 2.29. The first-order chi connectivity index (χ1) is 12.2. The van der Waals surface area contributed by atoms with Crippen LogP contribution in [0.15, 0.2) is 23.1 Å². The Balaban J connectivity index is 1.54. The van der Waals surface area contributed by atoms with Gasteiger partial charge >= 0.3 is 0 Å². The molecule has 3 heterocycles. The smallest absolute Gasteiger partial charge is 0.272 e. The molecule has 136 valence electrons. The predicted octanol–water partition coefficient (Wildman–Crippen LogP) is 2.58. The van der Waals surface area contributed by atoms with Crippen molar-refractivity contribution in [2.24, 2.45) is 5.92 Å². The van der Waals surface area contributed by atoms with Gasteiger partial charge in [0, 0.05) is 44.1 Å². The number of aromatic nitrogens is 3. The molecule has 2 aromatic rings. The summed E-state index contributed by atoms with van der Waals surface area (Å²) < 4.78 is 7.36. The van der Waals surface area contributed by atoms with Gasteiger partial charge in [0.2, 0.25) is 0 Å². The van der Waals surface area contributed by atoms with E-state index in [0.717, 1.165) is 44.1 Å². The van der Waals surface area contributed by atoms with Crippen molar-refractivity contribution in [3.8, 4) is 0 Å². The van der Waals surface area contributed by atoms with Crippen LogP contribution in [0.3, 0.4) is 0 Å². The molecule has 6 heteroatoms. The van der Waals surface area contributed by atoms with E-state index in [0.29, 0.717) is 17.8 Å². The maximum atomic E-state index is 12.3. The summed E-state index contributed by atoms with van der Waals surface area (Å²) in [5.74, 6) is 0.833. The quantitative estimate of drug-likeness (QED) is 0.905. The van der Waals surface area contributed by atoms with Gasteiger partial charge in [0.05, 0.1) is 11.8 Å². The van der Waals surface area contributed by atoms with E-state index in [9.17, 15) is 4.79 Å². The van der Waals surface area contributed by atoms with Crippen LogP contribution in [0.2, 0.25) is 0 Å². The minimum atomic E-state index is -0.0423. The fourth-order valence-electron chi connectivity index (χ4n) is 4.27. The van der Waals surface area contributed by atoms with E-state index < -0.39 is 0 Å². The third-order valence-corrected chi connectivity index (χ3v) is 5.76. The Bertz CT molecular complexity index is 754. The molecule has 1 aliphatic heterocycles. The molecule has 4 rings (SSSR count). The molecule has 0 amide bonds. The SMILES string of the molecule is CC1CCC(N(Cc2cc(=O)n3[nH]ccc3n2)C[C@H]2CCCO2)CC1. The van der Waals surface area contributed by atoms with Crippen molar-refractivity contribution < 1.29 is 4.74 Å². The van der Waals surface area contributed by atoms with Crippen molar-refractivity contribution >= 4 is 5.65 Å². The number of hydrogen-bond acceptors (Lipinski definition) is 4. The van der Waals surface area contributed by atoms with Crippen molar-refractivity contribution in [1.29, 1.82) is 0 Å². The van der Waals surface area contributed by atoms with Crippen LogP contribution in [0.1, 0.15) is 51.1 Å². The first-order valence-electron chi connectivity index (χ1n) is 9.61. The number of aromatic amines is 1. The summed E-state index contributed by atoms with van der Waals surface area (Å²) in [5, 5.41) is 2.90. The highest BCUT2D eigenvalue weighted by molar-refractivity contribution is 5.36. The lowest BCUT2D eigenvalue weighted by molar-refractivity contribution is 0.0404.